The summed E-state index contributed by atoms with van der Waals surface area (Å²) < 4.78 is 0.855. The highest BCUT2D eigenvalue weighted by Gasteiger charge is 2.29. The molecule has 0 aliphatic carbocycles. The second-order valence-corrected chi connectivity index (χ2v) is 7.55. The number of hydrogen-bond donors (Lipinski definition) is 2. The van der Waals surface area contributed by atoms with E-state index in [0.29, 0.717) is 11.9 Å². The van der Waals surface area contributed by atoms with Gasteiger partial charge in [-0.05, 0) is 23.6 Å². The number of carboxylic acid groups (broad SMARTS) is 1. The van der Waals surface area contributed by atoms with Crippen LogP contribution < -0.4 is 21.7 Å². The summed E-state index contributed by atoms with van der Waals surface area (Å²) >= 11 is 0. The van der Waals surface area contributed by atoms with Crippen LogP contribution in [0.4, 0.5) is 0 Å². The van der Waals surface area contributed by atoms with Gasteiger partial charge < -0.3 is 20.2 Å². The number of para-hydroxylation sites is 1. The summed E-state index contributed by atoms with van der Waals surface area (Å²) in [6.45, 7) is 3.48. The van der Waals surface area contributed by atoms with E-state index in [1.807, 2.05) is 6.07 Å². The Hall–Kier alpha value is -3.68. The van der Waals surface area contributed by atoms with E-state index in [4.69, 9.17) is 0 Å². The maximum absolute atomic E-state index is 13.2. The normalized spacial score (nSPS) is 14.0. The highest BCUT2D eigenvalue weighted by atomic mass is 16.4. The number of carboxylic acids is 1. The molecule has 31 heavy (non-hydrogen) atoms. The van der Waals surface area contributed by atoms with Crippen molar-refractivity contribution in [3.63, 3.8) is 0 Å². The zero-order chi connectivity index (χ0) is 22.5. The molecule has 0 spiro atoms. The van der Waals surface area contributed by atoms with Gasteiger partial charge in [0, 0.05) is 6.42 Å². The molecule has 3 atom stereocenters. The minimum Gasteiger partial charge on any atom is -0.548 e. The van der Waals surface area contributed by atoms with Gasteiger partial charge in [-0.3, -0.25) is 9.59 Å². The van der Waals surface area contributed by atoms with Crippen LogP contribution in [0.25, 0.3) is 10.9 Å². The van der Waals surface area contributed by atoms with Crippen LogP contribution in [-0.4, -0.2) is 27.5 Å². The largest absolute Gasteiger partial charge is 0.548 e. The number of carbonyl (C=O) groups is 2. The van der Waals surface area contributed by atoms with Crippen molar-refractivity contribution in [1.82, 2.24) is 14.9 Å². The SMILES string of the molecule is CC[C@@H](C)[C@H](NC(=O)[C@H](Cc1ccccc1)n1c(=O)[nH]c2ccccc2c1=O)C(=O)[O-]. The molecule has 2 aromatic carbocycles. The van der Waals surface area contributed by atoms with Gasteiger partial charge in [-0.1, -0.05) is 62.7 Å². The second kappa shape index (κ2) is 9.42. The van der Waals surface area contributed by atoms with Crippen LogP contribution in [0.5, 0.6) is 0 Å². The summed E-state index contributed by atoms with van der Waals surface area (Å²) in [5, 5.41) is 14.3. The van der Waals surface area contributed by atoms with Gasteiger partial charge in [0.25, 0.3) is 5.56 Å². The van der Waals surface area contributed by atoms with Gasteiger partial charge in [-0.2, -0.15) is 0 Å². The first-order valence-corrected chi connectivity index (χ1v) is 10.1. The fourth-order valence-electron chi connectivity index (χ4n) is 3.52. The van der Waals surface area contributed by atoms with E-state index in [1.165, 1.54) is 0 Å². The smallest absolute Gasteiger partial charge is 0.329 e. The van der Waals surface area contributed by atoms with E-state index in [1.54, 1.807) is 62.4 Å². The Morgan fingerprint density at radius 1 is 1.06 bits per heavy atom. The lowest BCUT2D eigenvalue weighted by Crippen LogP contribution is -2.54. The topological polar surface area (TPSA) is 124 Å². The third-order valence-corrected chi connectivity index (χ3v) is 5.49. The van der Waals surface area contributed by atoms with Crippen molar-refractivity contribution in [2.24, 2.45) is 5.92 Å². The van der Waals surface area contributed by atoms with Gasteiger partial charge in [0.15, 0.2) is 0 Å². The number of rotatable bonds is 8. The molecular formula is C23H24N3O5-. The van der Waals surface area contributed by atoms with Crippen LogP contribution in [0.1, 0.15) is 31.9 Å². The molecule has 3 aromatic rings. The Balaban J connectivity index is 2.10. The standard InChI is InChI=1S/C23H25N3O5/c1-3-14(2)19(22(29)30)25-20(27)18(13-15-9-5-4-6-10-15)26-21(28)16-11-7-8-12-17(16)24-23(26)31/h4-12,14,18-19H,3,13H2,1-2H3,(H,24,31)(H,25,27)(H,29,30)/p-1/t14-,18+,19+/m1/s1. The molecule has 0 saturated heterocycles. The summed E-state index contributed by atoms with van der Waals surface area (Å²) in [6.07, 6.45) is 0.535. The number of hydrogen-bond acceptors (Lipinski definition) is 5. The van der Waals surface area contributed by atoms with Crippen molar-refractivity contribution in [2.45, 2.75) is 38.8 Å². The Kier molecular flexibility index (Phi) is 6.69. The molecule has 0 bridgehead atoms. The molecule has 1 aromatic heterocycles. The lowest BCUT2D eigenvalue weighted by molar-refractivity contribution is -0.309. The van der Waals surface area contributed by atoms with Gasteiger partial charge >= 0.3 is 5.69 Å². The van der Waals surface area contributed by atoms with Crippen molar-refractivity contribution in [2.75, 3.05) is 0 Å². The molecule has 1 amide bonds. The number of nitrogens with one attached hydrogen (secondary N) is 2. The van der Waals surface area contributed by atoms with E-state index in [9.17, 15) is 24.3 Å². The first kappa shape index (κ1) is 22.0. The molecule has 0 aliphatic heterocycles. The van der Waals surface area contributed by atoms with Gasteiger partial charge in [0.05, 0.1) is 22.9 Å². The van der Waals surface area contributed by atoms with E-state index >= 15 is 0 Å². The van der Waals surface area contributed by atoms with E-state index in [0.717, 1.165) is 10.1 Å². The number of carbonyl (C=O) groups excluding carboxylic acids is 2. The Labute approximate surface area is 178 Å². The molecule has 2 N–H and O–H groups in total. The molecular weight excluding hydrogens is 398 g/mol. The van der Waals surface area contributed by atoms with E-state index in [2.05, 4.69) is 10.3 Å². The van der Waals surface area contributed by atoms with Crippen molar-refractivity contribution in [1.29, 1.82) is 0 Å². The molecule has 0 aliphatic rings. The third kappa shape index (κ3) is 4.74. The summed E-state index contributed by atoms with van der Waals surface area (Å²) in [5.74, 6) is -2.54. The number of nitrogens with zero attached hydrogens (tertiary/aromatic N) is 1. The Morgan fingerprint density at radius 2 is 1.71 bits per heavy atom. The van der Waals surface area contributed by atoms with E-state index in [-0.39, 0.29) is 11.8 Å². The number of aliphatic carboxylic acids is 1. The van der Waals surface area contributed by atoms with Crippen LogP contribution in [-0.2, 0) is 16.0 Å². The summed E-state index contributed by atoms with van der Waals surface area (Å²) in [6, 6.07) is 12.9. The second-order valence-electron chi connectivity index (χ2n) is 7.55. The number of aromatic nitrogens is 2. The summed E-state index contributed by atoms with van der Waals surface area (Å²) in [4.78, 5) is 53.4. The fraction of sp³-hybridized carbons (Fsp3) is 0.304. The number of H-pyrrole nitrogens is 1. The minimum absolute atomic E-state index is 0.0360. The maximum atomic E-state index is 13.2. The number of amides is 1. The number of aromatic amines is 1. The molecule has 162 valence electrons. The van der Waals surface area contributed by atoms with Gasteiger partial charge in [0.1, 0.15) is 6.04 Å². The van der Waals surface area contributed by atoms with Crippen LogP contribution in [0.15, 0.2) is 64.2 Å². The minimum atomic E-state index is -1.42. The monoisotopic (exact) mass is 422 g/mol. The van der Waals surface area contributed by atoms with Crippen LogP contribution in [0.3, 0.4) is 0 Å². The number of benzene rings is 2. The lowest BCUT2D eigenvalue weighted by atomic mass is 9.98. The van der Waals surface area contributed by atoms with Crippen molar-refractivity contribution >= 4 is 22.8 Å². The lowest BCUT2D eigenvalue weighted by Gasteiger charge is -2.28. The molecule has 1 heterocycles. The zero-order valence-corrected chi connectivity index (χ0v) is 17.3. The molecule has 8 heteroatoms. The predicted octanol–water partition coefficient (Wildman–Crippen LogP) is 0.754. The first-order chi connectivity index (χ1) is 14.8. The van der Waals surface area contributed by atoms with Crippen molar-refractivity contribution < 1.29 is 14.7 Å². The number of fused-ring (bicyclic) bond motifs is 1. The van der Waals surface area contributed by atoms with Crippen LogP contribution >= 0.6 is 0 Å². The molecule has 0 unspecified atom stereocenters. The van der Waals surface area contributed by atoms with E-state index < -0.39 is 41.1 Å². The molecule has 8 nitrogen and oxygen atoms in total. The molecule has 0 fully saturated rings. The fourth-order valence-corrected chi connectivity index (χ4v) is 3.52. The summed E-state index contributed by atoms with van der Waals surface area (Å²) in [7, 11) is 0. The maximum Gasteiger partial charge on any atom is 0.329 e. The average Bonchev–Trinajstić information content (AvgIpc) is 2.76. The van der Waals surface area contributed by atoms with Crippen molar-refractivity contribution in [3.05, 3.63) is 81.0 Å². The summed E-state index contributed by atoms with van der Waals surface area (Å²) in [5.41, 5.74) is -0.284. The Bertz CT molecular complexity index is 1200. The Morgan fingerprint density at radius 3 is 2.35 bits per heavy atom. The van der Waals surface area contributed by atoms with Gasteiger partial charge in [-0.15, -0.1) is 0 Å². The quantitative estimate of drug-likeness (QED) is 0.554. The highest BCUT2D eigenvalue weighted by molar-refractivity contribution is 5.86. The predicted molar refractivity (Wildman–Crippen MR) is 114 cm³/mol. The molecule has 3 rings (SSSR count). The van der Waals surface area contributed by atoms with Gasteiger partial charge in [0.2, 0.25) is 5.91 Å². The first-order valence-electron chi connectivity index (χ1n) is 10.1. The average molecular weight is 422 g/mol. The molecule has 0 radical (unpaired) electrons. The zero-order valence-electron chi connectivity index (χ0n) is 17.3. The molecule has 0 saturated carbocycles. The van der Waals surface area contributed by atoms with Gasteiger partial charge in [-0.25, -0.2) is 9.36 Å². The van der Waals surface area contributed by atoms with Crippen LogP contribution in [0, 0.1) is 5.92 Å². The van der Waals surface area contributed by atoms with Crippen LogP contribution in [0.2, 0.25) is 0 Å². The third-order valence-electron chi connectivity index (χ3n) is 5.49. The van der Waals surface area contributed by atoms with Crippen molar-refractivity contribution in [3.8, 4) is 0 Å². The highest BCUT2D eigenvalue weighted by Crippen LogP contribution is 2.15.